The molecule has 0 N–H and O–H groups in total. The molecule has 0 spiro atoms. The second-order valence-electron chi connectivity index (χ2n) is 8.97. The second-order valence-corrected chi connectivity index (χ2v) is 8.97. The predicted molar refractivity (Wildman–Crippen MR) is 129 cm³/mol. The molecule has 33 heavy (non-hydrogen) atoms. The zero-order valence-electron chi connectivity index (χ0n) is 20.1. The van der Waals surface area contributed by atoms with Gasteiger partial charge < -0.3 is 14.4 Å². The Kier molecular flexibility index (Phi) is 6.56. The number of morpholine rings is 1. The molecule has 0 saturated carbocycles. The zero-order valence-corrected chi connectivity index (χ0v) is 20.1. The minimum Gasteiger partial charge on any atom is -0.491 e. The number of para-hydroxylation sites is 2. The van der Waals surface area contributed by atoms with E-state index in [1.165, 1.54) is 4.90 Å². The summed E-state index contributed by atoms with van der Waals surface area (Å²) in [5.74, 6) is -0.101. The van der Waals surface area contributed by atoms with Gasteiger partial charge in [0.05, 0.1) is 30.1 Å². The van der Waals surface area contributed by atoms with Crippen LogP contribution in [-0.2, 0) is 14.3 Å². The Balaban J connectivity index is 1.85. The number of hydrogen-bond acceptors (Lipinski definition) is 5. The van der Waals surface area contributed by atoms with E-state index in [0.29, 0.717) is 42.4 Å². The first-order valence-electron chi connectivity index (χ1n) is 11.6. The second kappa shape index (κ2) is 9.40. The number of carbonyl (C=O) groups is 2. The van der Waals surface area contributed by atoms with Crippen LogP contribution in [0.5, 0.6) is 5.75 Å². The number of nitrogens with zero attached hydrogens (tertiary/aromatic N) is 2. The largest absolute Gasteiger partial charge is 0.491 e. The Hall–Kier alpha value is -3.12. The van der Waals surface area contributed by atoms with Crippen LogP contribution in [0.2, 0.25) is 0 Å². The molecule has 1 saturated heterocycles. The van der Waals surface area contributed by atoms with Crippen molar-refractivity contribution in [3.05, 3.63) is 64.9 Å². The maximum Gasteiger partial charge on any atom is 0.282 e. The molecule has 6 nitrogen and oxygen atoms in total. The highest BCUT2D eigenvalue weighted by molar-refractivity contribution is 6.45. The van der Waals surface area contributed by atoms with Gasteiger partial charge in [0.2, 0.25) is 0 Å². The fourth-order valence-electron chi connectivity index (χ4n) is 4.70. The van der Waals surface area contributed by atoms with E-state index in [1.807, 2.05) is 69.9 Å². The molecule has 174 valence electrons. The van der Waals surface area contributed by atoms with Crippen molar-refractivity contribution in [2.75, 3.05) is 24.6 Å². The average molecular weight is 449 g/mol. The number of anilines is 1. The summed E-state index contributed by atoms with van der Waals surface area (Å²) >= 11 is 0. The standard InChI is InChI=1S/C27H32N2O4/c1-6-13-32-23-10-8-7-9-22(23)29-26(30)24(21-12-11-17(2)14-18(21)3)25(27(29)31)28-15-19(4)33-20(5)16-28/h7-12,14,19-20H,6,13,15-16H2,1-5H3. The fraction of sp³-hybridized carbons (Fsp3) is 0.407. The number of amides is 2. The molecule has 0 bridgehead atoms. The van der Waals surface area contributed by atoms with Gasteiger partial charge in [0, 0.05) is 13.1 Å². The van der Waals surface area contributed by atoms with Gasteiger partial charge in [0.15, 0.2) is 0 Å². The third-order valence-corrected chi connectivity index (χ3v) is 6.01. The van der Waals surface area contributed by atoms with Crippen molar-refractivity contribution in [3.63, 3.8) is 0 Å². The summed E-state index contributed by atoms with van der Waals surface area (Å²) < 4.78 is 11.8. The van der Waals surface area contributed by atoms with Crippen LogP contribution in [0.15, 0.2) is 48.2 Å². The highest BCUT2D eigenvalue weighted by Gasteiger charge is 2.45. The van der Waals surface area contributed by atoms with Crippen LogP contribution >= 0.6 is 0 Å². The van der Waals surface area contributed by atoms with Crippen molar-refractivity contribution < 1.29 is 19.1 Å². The van der Waals surface area contributed by atoms with E-state index >= 15 is 0 Å². The normalized spacial score (nSPS) is 21.2. The molecule has 0 radical (unpaired) electrons. The molecule has 0 aromatic heterocycles. The zero-order chi connectivity index (χ0) is 23.7. The molecular weight excluding hydrogens is 416 g/mol. The first kappa shape index (κ1) is 23.1. The van der Waals surface area contributed by atoms with E-state index in [1.54, 1.807) is 12.1 Å². The van der Waals surface area contributed by atoms with E-state index in [9.17, 15) is 9.59 Å². The molecule has 2 aliphatic heterocycles. The lowest BCUT2D eigenvalue weighted by atomic mass is 9.97. The molecule has 2 atom stereocenters. The lowest BCUT2D eigenvalue weighted by Gasteiger charge is -2.37. The number of hydrogen-bond donors (Lipinski definition) is 0. The number of rotatable bonds is 6. The molecule has 2 heterocycles. The van der Waals surface area contributed by atoms with Crippen molar-refractivity contribution in [2.24, 2.45) is 0 Å². The van der Waals surface area contributed by atoms with Crippen molar-refractivity contribution in [1.29, 1.82) is 0 Å². The monoisotopic (exact) mass is 448 g/mol. The van der Waals surface area contributed by atoms with Gasteiger partial charge in [-0.25, -0.2) is 4.90 Å². The molecule has 6 heteroatoms. The number of ether oxygens (including phenoxy) is 2. The third kappa shape index (κ3) is 4.40. The summed E-state index contributed by atoms with van der Waals surface area (Å²) in [5, 5.41) is 0. The summed E-state index contributed by atoms with van der Waals surface area (Å²) in [4.78, 5) is 31.2. The number of aryl methyl sites for hydroxylation is 2. The van der Waals surface area contributed by atoms with Crippen LogP contribution in [0, 0.1) is 13.8 Å². The van der Waals surface area contributed by atoms with Gasteiger partial charge in [-0.1, -0.05) is 42.8 Å². The first-order valence-corrected chi connectivity index (χ1v) is 11.6. The smallest absolute Gasteiger partial charge is 0.282 e. The number of imide groups is 1. The van der Waals surface area contributed by atoms with E-state index in [-0.39, 0.29) is 24.0 Å². The third-order valence-electron chi connectivity index (χ3n) is 6.01. The van der Waals surface area contributed by atoms with E-state index < -0.39 is 0 Å². The maximum absolute atomic E-state index is 13.9. The maximum atomic E-state index is 13.9. The van der Waals surface area contributed by atoms with Crippen molar-refractivity contribution in [2.45, 2.75) is 53.2 Å². The van der Waals surface area contributed by atoms with Gasteiger partial charge in [0.25, 0.3) is 11.8 Å². The molecule has 2 amide bonds. The molecular formula is C27H32N2O4. The molecule has 1 fully saturated rings. The highest BCUT2D eigenvalue weighted by Crippen LogP contribution is 2.40. The lowest BCUT2D eigenvalue weighted by Crippen LogP contribution is -2.47. The van der Waals surface area contributed by atoms with Crippen LogP contribution in [-0.4, -0.2) is 48.6 Å². The summed E-state index contributed by atoms with van der Waals surface area (Å²) in [5.41, 5.74) is 4.24. The van der Waals surface area contributed by atoms with Gasteiger partial charge in [-0.15, -0.1) is 0 Å². The molecule has 2 aromatic rings. The Labute approximate surface area is 195 Å². The van der Waals surface area contributed by atoms with Crippen molar-refractivity contribution >= 4 is 23.1 Å². The Morgan fingerprint density at radius 3 is 2.36 bits per heavy atom. The van der Waals surface area contributed by atoms with E-state index in [4.69, 9.17) is 9.47 Å². The molecule has 2 unspecified atom stereocenters. The predicted octanol–water partition coefficient (Wildman–Crippen LogP) is 4.49. The van der Waals surface area contributed by atoms with Gasteiger partial charge in [-0.05, 0) is 57.4 Å². The van der Waals surface area contributed by atoms with Crippen molar-refractivity contribution in [3.8, 4) is 5.75 Å². The van der Waals surface area contributed by atoms with Gasteiger partial charge in [-0.3, -0.25) is 9.59 Å². The Morgan fingerprint density at radius 2 is 1.70 bits per heavy atom. The van der Waals surface area contributed by atoms with Gasteiger partial charge in [0.1, 0.15) is 11.4 Å². The van der Waals surface area contributed by atoms with E-state index in [2.05, 4.69) is 0 Å². The first-order chi connectivity index (χ1) is 15.8. The van der Waals surface area contributed by atoms with Crippen molar-refractivity contribution in [1.82, 2.24) is 4.90 Å². The SMILES string of the molecule is CCCOc1ccccc1N1C(=O)C(c2ccc(C)cc2C)=C(N2CC(C)OC(C)C2)C1=O. The van der Waals surface area contributed by atoms with E-state index in [0.717, 1.165) is 23.1 Å². The average Bonchev–Trinajstić information content (AvgIpc) is 3.02. The van der Waals surface area contributed by atoms with Crippen LogP contribution in [0.3, 0.4) is 0 Å². The van der Waals surface area contributed by atoms with Gasteiger partial charge >= 0.3 is 0 Å². The summed E-state index contributed by atoms with van der Waals surface area (Å²) in [6.07, 6.45) is 0.745. The molecule has 0 aliphatic carbocycles. The highest BCUT2D eigenvalue weighted by atomic mass is 16.5. The van der Waals surface area contributed by atoms with Crippen LogP contribution < -0.4 is 9.64 Å². The summed E-state index contributed by atoms with van der Waals surface area (Å²) in [6, 6.07) is 13.2. The molecule has 2 aliphatic rings. The quantitative estimate of drug-likeness (QED) is 0.610. The van der Waals surface area contributed by atoms with Crippen LogP contribution in [0.1, 0.15) is 43.9 Å². The Bertz CT molecular complexity index is 1100. The van der Waals surface area contributed by atoms with Crippen LogP contribution in [0.4, 0.5) is 5.69 Å². The number of carbonyl (C=O) groups excluding carboxylic acids is 2. The Morgan fingerprint density at radius 1 is 1.00 bits per heavy atom. The number of benzene rings is 2. The lowest BCUT2D eigenvalue weighted by molar-refractivity contribution is -0.121. The topological polar surface area (TPSA) is 59.1 Å². The minimum atomic E-state index is -0.318. The molecule has 4 rings (SSSR count). The summed E-state index contributed by atoms with van der Waals surface area (Å²) in [6.45, 7) is 11.6. The van der Waals surface area contributed by atoms with Gasteiger partial charge in [-0.2, -0.15) is 0 Å². The van der Waals surface area contributed by atoms with Crippen LogP contribution in [0.25, 0.3) is 5.57 Å². The summed E-state index contributed by atoms with van der Waals surface area (Å²) in [7, 11) is 0. The molecule has 2 aromatic carbocycles. The fourth-order valence-corrected chi connectivity index (χ4v) is 4.70. The minimum absolute atomic E-state index is 0.0428.